The number of nitrogens with one attached hydrogen (secondary N) is 2. The van der Waals surface area contributed by atoms with Gasteiger partial charge >= 0.3 is 0 Å². The summed E-state index contributed by atoms with van der Waals surface area (Å²) < 4.78 is 0. The molecule has 0 fully saturated rings. The highest BCUT2D eigenvalue weighted by Crippen LogP contribution is 2.07. The van der Waals surface area contributed by atoms with Crippen LogP contribution in [0, 0.1) is 6.92 Å². The Morgan fingerprint density at radius 1 is 1.17 bits per heavy atom. The number of benzene rings is 2. The maximum atomic E-state index is 11.9. The minimum atomic E-state index is -0.430. The number of aryl methyl sites for hydroxylation is 1. The molecule has 0 heterocycles. The van der Waals surface area contributed by atoms with Gasteiger partial charge in [-0.15, -0.1) is 0 Å². The molecule has 2 aromatic carbocycles. The molecule has 118 valence electrons. The first kappa shape index (κ1) is 16.2. The zero-order valence-electron chi connectivity index (χ0n) is 12.6. The summed E-state index contributed by atoms with van der Waals surface area (Å²) in [6, 6.07) is 13.5. The van der Waals surface area contributed by atoms with Crippen molar-refractivity contribution < 1.29 is 14.7 Å². The lowest BCUT2D eigenvalue weighted by Gasteiger charge is -2.04. The van der Waals surface area contributed by atoms with E-state index in [-0.39, 0.29) is 18.2 Å². The van der Waals surface area contributed by atoms with Crippen LogP contribution in [0.15, 0.2) is 53.6 Å². The zero-order chi connectivity index (χ0) is 16.7. The lowest BCUT2D eigenvalue weighted by Crippen LogP contribution is -2.34. The van der Waals surface area contributed by atoms with Gasteiger partial charge in [-0.05, 0) is 48.9 Å². The normalized spacial score (nSPS) is 10.5. The van der Waals surface area contributed by atoms with Crippen molar-refractivity contribution in [2.24, 2.45) is 5.10 Å². The molecule has 0 aliphatic carbocycles. The molecule has 0 atom stereocenters. The van der Waals surface area contributed by atoms with Crippen molar-refractivity contribution in [2.45, 2.75) is 6.92 Å². The first-order valence-corrected chi connectivity index (χ1v) is 7.00. The Balaban J connectivity index is 1.78. The third kappa shape index (κ3) is 5.28. The summed E-state index contributed by atoms with van der Waals surface area (Å²) in [6.45, 7) is 1.72. The highest BCUT2D eigenvalue weighted by atomic mass is 16.3. The van der Waals surface area contributed by atoms with Crippen molar-refractivity contribution in [3.8, 4) is 5.75 Å². The number of hydrogen-bond acceptors (Lipinski definition) is 4. The first-order chi connectivity index (χ1) is 11.0. The second-order valence-electron chi connectivity index (χ2n) is 4.94. The van der Waals surface area contributed by atoms with Crippen LogP contribution in [-0.4, -0.2) is 29.7 Å². The summed E-state index contributed by atoms with van der Waals surface area (Å²) in [5.74, 6) is -0.586. The van der Waals surface area contributed by atoms with Crippen molar-refractivity contribution in [1.82, 2.24) is 10.7 Å². The molecule has 0 aliphatic rings. The van der Waals surface area contributed by atoms with Crippen LogP contribution in [0.3, 0.4) is 0 Å². The smallest absolute Gasteiger partial charge is 0.259 e. The van der Waals surface area contributed by atoms with E-state index in [1.807, 2.05) is 13.0 Å². The van der Waals surface area contributed by atoms with Gasteiger partial charge in [-0.2, -0.15) is 5.10 Å². The van der Waals surface area contributed by atoms with Gasteiger partial charge in [0.25, 0.3) is 11.8 Å². The third-order valence-electron chi connectivity index (χ3n) is 2.99. The predicted octanol–water partition coefficient (Wildman–Crippen LogP) is 1.58. The Kier molecular flexibility index (Phi) is 5.46. The van der Waals surface area contributed by atoms with Crippen LogP contribution in [0.5, 0.6) is 5.75 Å². The molecule has 3 N–H and O–H groups in total. The number of rotatable bonds is 5. The highest BCUT2D eigenvalue weighted by Gasteiger charge is 2.07. The molecule has 6 heteroatoms. The van der Waals surface area contributed by atoms with E-state index in [1.54, 1.807) is 30.3 Å². The Morgan fingerprint density at radius 3 is 2.61 bits per heavy atom. The fourth-order valence-electron chi connectivity index (χ4n) is 1.83. The van der Waals surface area contributed by atoms with Gasteiger partial charge in [0.05, 0.1) is 12.8 Å². The monoisotopic (exact) mass is 311 g/mol. The fraction of sp³-hybridized carbons (Fsp3) is 0.118. The van der Waals surface area contributed by atoms with E-state index in [0.29, 0.717) is 5.56 Å². The van der Waals surface area contributed by atoms with Crippen LogP contribution in [0.4, 0.5) is 0 Å². The molecular formula is C17H17N3O3. The molecule has 0 radical (unpaired) electrons. The number of aromatic hydroxyl groups is 1. The fourth-order valence-corrected chi connectivity index (χ4v) is 1.83. The largest absolute Gasteiger partial charge is 0.508 e. The molecular weight excluding hydrogens is 294 g/mol. The Morgan fingerprint density at radius 2 is 1.91 bits per heavy atom. The van der Waals surface area contributed by atoms with Crippen molar-refractivity contribution in [3.63, 3.8) is 0 Å². The maximum Gasteiger partial charge on any atom is 0.259 e. The van der Waals surface area contributed by atoms with E-state index < -0.39 is 5.91 Å². The van der Waals surface area contributed by atoms with Gasteiger partial charge in [-0.3, -0.25) is 9.59 Å². The summed E-state index contributed by atoms with van der Waals surface area (Å²) in [5.41, 5.74) is 4.52. The van der Waals surface area contributed by atoms with Crippen molar-refractivity contribution >= 4 is 18.0 Å². The number of phenolic OH excluding ortho intramolecular Hbond substituents is 1. The zero-order valence-corrected chi connectivity index (χ0v) is 12.6. The van der Waals surface area contributed by atoms with Gasteiger partial charge in [0.1, 0.15) is 5.75 Å². The van der Waals surface area contributed by atoms with Crippen LogP contribution < -0.4 is 10.7 Å². The highest BCUT2D eigenvalue weighted by molar-refractivity contribution is 5.96. The number of hydrogen-bond donors (Lipinski definition) is 3. The predicted molar refractivity (Wildman–Crippen MR) is 87.4 cm³/mol. The topological polar surface area (TPSA) is 90.8 Å². The second kappa shape index (κ2) is 7.74. The Bertz CT molecular complexity index is 724. The lowest BCUT2D eigenvalue weighted by atomic mass is 10.1. The van der Waals surface area contributed by atoms with E-state index in [9.17, 15) is 9.59 Å². The Labute approximate surface area is 133 Å². The van der Waals surface area contributed by atoms with Gasteiger partial charge in [0.2, 0.25) is 0 Å². The lowest BCUT2D eigenvalue weighted by molar-refractivity contribution is -0.120. The van der Waals surface area contributed by atoms with Gasteiger partial charge < -0.3 is 10.4 Å². The van der Waals surface area contributed by atoms with Crippen LogP contribution >= 0.6 is 0 Å². The first-order valence-electron chi connectivity index (χ1n) is 7.00. The minimum absolute atomic E-state index is 0.157. The molecule has 0 spiro atoms. The van der Waals surface area contributed by atoms with Crippen molar-refractivity contribution in [1.29, 1.82) is 0 Å². The van der Waals surface area contributed by atoms with Crippen LogP contribution in [0.2, 0.25) is 0 Å². The Hall–Kier alpha value is -3.15. The van der Waals surface area contributed by atoms with E-state index in [2.05, 4.69) is 15.8 Å². The van der Waals surface area contributed by atoms with Crippen LogP contribution in [0.25, 0.3) is 0 Å². The average molecular weight is 311 g/mol. The quantitative estimate of drug-likeness (QED) is 0.578. The summed E-state index contributed by atoms with van der Waals surface area (Å²) in [7, 11) is 0. The van der Waals surface area contributed by atoms with Crippen LogP contribution in [-0.2, 0) is 4.79 Å². The van der Waals surface area contributed by atoms with Gasteiger partial charge in [0, 0.05) is 5.56 Å². The number of carbonyl (C=O) groups is 2. The van der Waals surface area contributed by atoms with Crippen molar-refractivity contribution in [2.75, 3.05) is 6.54 Å². The van der Waals surface area contributed by atoms with Crippen LogP contribution in [0.1, 0.15) is 21.5 Å². The van der Waals surface area contributed by atoms with E-state index >= 15 is 0 Å². The summed E-state index contributed by atoms with van der Waals surface area (Å²) >= 11 is 0. The molecule has 0 aliphatic heterocycles. The molecule has 0 saturated heterocycles. The van der Waals surface area contributed by atoms with Gasteiger partial charge in [-0.1, -0.05) is 17.7 Å². The maximum absolute atomic E-state index is 11.9. The van der Waals surface area contributed by atoms with E-state index in [1.165, 1.54) is 18.3 Å². The average Bonchev–Trinajstić information content (AvgIpc) is 2.54. The standard InChI is InChI=1S/C17H17N3O3/c1-12-3-2-4-14(9-12)17(23)18-11-16(22)20-19-10-13-5-7-15(21)8-6-13/h2-10,21H,11H2,1H3,(H,18,23)(H,20,22). The number of nitrogens with zero attached hydrogens (tertiary/aromatic N) is 1. The number of hydrazone groups is 1. The molecule has 23 heavy (non-hydrogen) atoms. The summed E-state index contributed by atoms with van der Waals surface area (Å²) in [5, 5.41) is 15.5. The molecule has 2 rings (SSSR count). The number of amides is 2. The summed E-state index contributed by atoms with van der Waals surface area (Å²) in [4.78, 5) is 23.5. The molecule has 2 amide bonds. The molecule has 0 bridgehead atoms. The third-order valence-corrected chi connectivity index (χ3v) is 2.99. The molecule has 0 saturated carbocycles. The van der Waals surface area contributed by atoms with Crippen molar-refractivity contribution in [3.05, 3.63) is 65.2 Å². The van der Waals surface area contributed by atoms with Gasteiger partial charge in [-0.25, -0.2) is 5.43 Å². The molecule has 6 nitrogen and oxygen atoms in total. The number of phenols is 1. The number of carbonyl (C=O) groups excluding carboxylic acids is 2. The van der Waals surface area contributed by atoms with E-state index in [0.717, 1.165) is 11.1 Å². The molecule has 0 unspecified atom stereocenters. The molecule has 2 aromatic rings. The van der Waals surface area contributed by atoms with Gasteiger partial charge in [0.15, 0.2) is 0 Å². The molecule has 0 aromatic heterocycles. The minimum Gasteiger partial charge on any atom is -0.508 e. The summed E-state index contributed by atoms with van der Waals surface area (Å²) in [6.07, 6.45) is 1.44. The van der Waals surface area contributed by atoms with E-state index in [4.69, 9.17) is 5.11 Å². The SMILES string of the molecule is Cc1cccc(C(=O)NCC(=O)NN=Cc2ccc(O)cc2)c1. The second-order valence-corrected chi connectivity index (χ2v) is 4.94.